The van der Waals surface area contributed by atoms with Crippen molar-refractivity contribution in [3.63, 3.8) is 0 Å². The summed E-state index contributed by atoms with van der Waals surface area (Å²) in [4.78, 5) is 13.2. The van der Waals surface area contributed by atoms with Gasteiger partial charge in [-0.3, -0.25) is 0 Å². The Morgan fingerprint density at radius 2 is 1.73 bits per heavy atom. The summed E-state index contributed by atoms with van der Waals surface area (Å²) >= 11 is 0. The van der Waals surface area contributed by atoms with Crippen molar-refractivity contribution in [1.82, 2.24) is 0 Å². The number of carboxylic acids is 1. The molecule has 0 heterocycles. The van der Waals surface area contributed by atoms with E-state index in [1.165, 1.54) is 6.08 Å². The van der Waals surface area contributed by atoms with Gasteiger partial charge in [0.25, 0.3) is 0 Å². The van der Waals surface area contributed by atoms with E-state index in [1.807, 2.05) is 24.3 Å². The Kier molecular flexibility index (Phi) is 7.77. The maximum atomic E-state index is 10.8. The van der Waals surface area contributed by atoms with Crippen LogP contribution in [0.5, 0.6) is 0 Å². The van der Waals surface area contributed by atoms with Gasteiger partial charge in [0.2, 0.25) is 0 Å². The maximum Gasteiger partial charge on any atom is 0.346 e. The highest BCUT2D eigenvalue weighted by atomic mass is 16.4. The second kappa shape index (κ2) is 9.62. The molecule has 1 N–H and O–H groups in total. The predicted molar refractivity (Wildman–Crippen MR) is 89.7 cm³/mol. The smallest absolute Gasteiger partial charge is 0.346 e. The number of hydrogen-bond donors (Lipinski definition) is 1. The molecule has 0 fully saturated rings. The third-order valence-electron chi connectivity index (χ3n) is 3.48. The first-order valence-electron chi connectivity index (χ1n) is 7.82. The highest BCUT2D eigenvalue weighted by Crippen LogP contribution is 2.18. The number of rotatable bonds is 9. The van der Waals surface area contributed by atoms with E-state index in [4.69, 9.17) is 10.4 Å². The summed E-state index contributed by atoms with van der Waals surface area (Å²) in [7, 11) is 0. The van der Waals surface area contributed by atoms with Gasteiger partial charge in [-0.25, -0.2) is 4.79 Å². The van der Waals surface area contributed by atoms with Gasteiger partial charge in [0, 0.05) is 18.8 Å². The van der Waals surface area contributed by atoms with Crippen LogP contribution in [0, 0.1) is 11.3 Å². The summed E-state index contributed by atoms with van der Waals surface area (Å²) in [5, 5.41) is 17.7. The van der Waals surface area contributed by atoms with Gasteiger partial charge in [0.1, 0.15) is 11.6 Å². The molecular weight excluding hydrogens is 276 g/mol. The van der Waals surface area contributed by atoms with Crippen molar-refractivity contribution >= 4 is 17.7 Å². The van der Waals surface area contributed by atoms with E-state index in [2.05, 4.69) is 18.7 Å². The molecule has 0 aliphatic heterocycles. The summed E-state index contributed by atoms with van der Waals surface area (Å²) in [6, 6.07) is 9.41. The number of unbranched alkanes of at least 4 members (excludes halogenated alkanes) is 2. The van der Waals surface area contributed by atoms with E-state index >= 15 is 0 Å². The molecule has 118 valence electrons. The summed E-state index contributed by atoms with van der Waals surface area (Å²) in [5.41, 5.74) is 1.63. The summed E-state index contributed by atoms with van der Waals surface area (Å²) < 4.78 is 0. The minimum atomic E-state index is -1.20. The summed E-state index contributed by atoms with van der Waals surface area (Å²) in [6.07, 6.45) is 6.03. The van der Waals surface area contributed by atoms with E-state index in [-0.39, 0.29) is 5.57 Å². The van der Waals surface area contributed by atoms with Crippen molar-refractivity contribution < 1.29 is 9.90 Å². The first-order chi connectivity index (χ1) is 10.6. The molecule has 0 radical (unpaired) electrons. The highest BCUT2D eigenvalue weighted by molar-refractivity contribution is 5.96. The van der Waals surface area contributed by atoms with Gasteiger partial charge >= 0.3 is 5.97 Å². The van der Waals surface area contributed by atoms with E-state index in [1.54, 1.807) is 6.07 Å². The summed E-state index contributed by atoms with van der Waals surface area (Å²) in [6.45, 7) is 6.43. The number of nitriles is 1. The Bertz CT molecular complexity index is 533. The number of anilines is 1. The second-order valence-corrected chi connectivity index (χ2v) is 5.26. The van der Waals surface area contributed by atoms with E-state index < -0.39 is 5.97 Å². The Morgan fingerprint density at radius 1 is 1.18 bits per heavy atom. The molecular formula is C18H24N2O2. The lowest BCUT2D eigenvalue weighted by molar-refractivity contribution is -0.132. The van der Waals surface area contributed by atoms with Crippen molar-refractivity contribution in [2.75, 3.05) is 18.0 Å². The third kappa shape index (κ3) is 5.61. The molecule has 0 atom stereocenters. The Hall–Kier alpha value is -2.28. The van der Waals surface area contributed by atoms with E-state index in [9.17, 15) is 4.79 Å². The summed E-state index contributed by atoms with van der Waals surface area (Å²) in [5.74, 6) is -1.20. The average molecular weight is 300 g/mol. The van der Waals surface area contributed by atoms with Crippen LogP contribution in [-0.4, -0.2) is 24.2 Å². The van der Waals surface area contributed by atoms with Crippen LogP contribution in [-0.2, 0) is 4.79 Å². The van der Waals surface area contributed by atoms with Gasteiger partial charge in [-0.15, -0.1) is 0 Å². The molecule has 0 spiro atoms. The number of carbonyl (C=O) groups is 1. The first-order valence-corrected chi connectivity index (χ1v) is 7.82. The van der Waals surface area contributed by atoms with Gasteiger partial charge < -0.3 is 10.0 Å². The van der Waals surface area contributed by atoms with Crippen molar-refractivity contribution in [3.8, 4) is 6.07 Å². The quantitative estimate of drug-likeness (QED) is 0.551. The average Bonchev–Trinajstić information content (AvgIpc) is 2.53. The minimum absolute atomic E-state index is 0.249. The first kappa shape index (κ1) is 17.8. The van der Waals surface area contributed by atoms with Crippen LogP contribution in [0.15, 0.2) is 29.8 Å². The molecule has 0 amide bonds. The van der Waals surface area contributed by atoms with Gasteiger partial charge in [0.05, 0.1) is 0 Å². The van der Waals surface area contributed by atoms with Crippen molar-refractivity contribution in [1.29, 1.82) is 5.26 Å². The Labute approximate surface area is 132 Å². The molecule has 1 aromatic rings. The van der Waals surface area contributed by atoms with Crippen LogP contribution in [0.3, 0.4) is 0 Å². The van der Waals surface area contributed by atoms with E-state index in [0.717, 1.165) is 50.0 Å². The monoisotopic (exact) mass is 300 g/mol. The van der Waals surface area contributed by atoms with Gasteiger partial charge in [-0.2, -0.15) is 5.26 Å². The van der Waals surface area contributed by atoms with Crippen molar-refractivity contribution in [2.45, 2.75) is 39.5 Å². The molecule has 0 saturated carbocycles. The molecule has 0 aliphatic carbocycles. The molecule has 0 bridgehead atoms. The zero-order valence-electron chi connectivity index (χ0n) is 13.4. The van der Waals surface area contributed by atoms with Crippen LogP contribution in [0.4, 0.5) is 5.69 Å². The second-order valence-electron chi connectivity index (χ2n) is 5.26. The molecule has 1 aromatic carbocycles. The Balaban J connectivity index is 2.88. The molecule has 0 saturated heterocycles. The van der Waals surface area contributed by atoms with Gasteiger partial charge in [-0.1, -0.05) is 38.8 Å². The van der Waals surface area contributed by atoms with Gasteiger partial charge in [0.15, 0.2) is 0 Å². The normalized spacial score (nSPS) is 11.0. The minimum Gasteiger partial charge on any atom is -0.477 e. The molecule has 22 heavy (non-hydrogen) atoms. The van der Waals surface area contributed by atoms with Crippen LogP contribution in [0.1, 0.15) is 45.1 Å². The van der Waals surface area contributed by atoms with Gasteiger partial charge in [-0.05, 0) is 36.6 Å². The molecule has 1 rings (SSSR count). The predicted octanol–water partition coefficient (Wildman–Crippen LogP) is 4.08. The van der Waals surface area contributed by atoms with Crippen molar-refractivity contribution in [3.05, 3.63) is 35.4 Å². The standard InChI is InChI=1S/C18H24N2O2/c1-3-5-11-20(12-6-4-2)17-9-7-15(8-10-17)13-16(14-19)18(21)22/h7-10,13H,3-6,11-12H2,1-2H3,(H,21,22)/b16-13+. The Morgan fingerprint density at radius 3 is 2.14 bits per heavy atom. The third-order valence-corrected chi connectivity index (χ3v) is 3.48. The largest absolute Gasteiger partial charge is 0.477 e. The molecule has 4 nitrogen and oxygen atoms in total. The molecule has 0 aromatic heterocycles. The SMILES string of the molecule is CCCCN(CCCC)c1ccc(/C=C(\C#N)C(=O)O)cc1. The number of carboxylic acid groups (broad SMARTS) is 1. The maximum absolute atomic E-state index is 10.8. The number of benzene rings is 1. The zero-order chi connectivity index (χ0) is 16.4. The van der Waals surface area contributed by atoms with E-state index in [0.29, 0.717) is 0 Å². The number of aliphatic carboxylic acids is 1. The lowest BCUT2D eigenvalue weighted by Gasteiger charge is -2.24. The van der Waals surface area contributed by atoms with Crippen molar-refractivity contribution in [2.24, 2.45) is 0 Å². The zero-order valence-corrected chi connectivity index (χ0v) is 13.4. The van der Waals surface area contributed by atoms with Crippen LogP contribution in [0.25, 0.3) is 6.08 Å². The molecule has 0 unspecified atom stereocenters. The molecule has 4 heteroatoms. The van der Waals surface area contributed by atoms with Crippen LogP contribution in [0.2, 0.25) is 0 Å². The lowest BCUT2D eigenvalue weighted by Crippen LogP contribution is -2.25. The van der Waals surface area contributed by atoms with Crippen LogP contribution >= 0.6 is 0 Å². The number of hydrogen-bond acceptors (Lipinski definition) is 3. The number of nitrogens with zero attached hydrogens (tertiary/aromatic N) is 2. The molecule has 0 aliphatic rings. The highest BCUT2D eigenvalue weighted by Gasteiger charge is 2.07. The van der Waals surface area contributed by atoms with Crippen LogP contribution < -0.4 is 4.90 Å². The topological polar surface area (TPSA) is 64.3 Å². The fraction of sp³-hybridized carbons (Fsp3) is 0.444. The fourth-order valence-electron chi connectivity index (χ4n) is 2.16. The lowest BCUT2D eigenvalue weighted by atomic mass is 10.1. The fourth-order valence-corrected chi connectivity index (χ4v) is 2.16.